The average Bonchev–Trinajstić information content (AvgIpc) is 2.43. The van der Waals surface area contributed by atoms with Crippen LogP contribution in [0.25, 0.3) is 0 Å². The maximum Gasteiger partial charge on any atom is 0.0991 e. The fourth-order valence-corrected chi connectivity index (χ4v) is 1.93. The van der Waals surface area contributed by atoms with Gasteiger partial charge in [-0.2, -0.15) is 5.26 Å². The topological polar surface area (TPSA) is 56.0 Å². The van der Waals surface area contributed by atoms with Crippen molar-refractivity contribution >= 4 is 0 Å². The van der Waals surface area contributed by atoms with Gasteiger partial charge in [0, 0.05) is 12.6 Å². The summed E-state index contributed by atoms with van der Waals surface area (Å²) in [5.74, 6) is 0. The predicted octanol–water partition coefficient (Wildman–Crippen LogP) is 3.01. The first-order valence-corrected chi connectivity index (χ1v) is 6.83. The molecule has 0 spiro atoms. The van der Waals surface area contributed by atoms with Crippen molar-refractivity contribution in [2.24, 2.45) is 5.41 Å². The van der Waals surface area contributed by atoms with E-state index < -0.39 is 0 Å². The maximum atomic E-state index is 9.18. The second-order valence-corrected chi connectivity index (χ2v) is 5.84. The fourth-order valence-electron chi connectivity index (χ4n) is 1.93. The molecule has 0 fully saturated rings. The van der Waals surface area contributed by atoms with Gasteiger partial charge in [0.05, 0.1) is 11.6 Å². The van der Waals surface area contributed by atoms with E-state index in [0.717, 1.165) is 19.4 Å². The molecule has 1 atom stereocenters. The van der Waals surface area contributed by atoms with Crippen LogP contribution in [0.1, 0.15) is 50.8 Å². The Morgan fingerprint density at radius 2 is 1.95 bits per heavy atom. The van der Waals surface area contributed by atoms with E-state index in [1.165, 1.54) is 5.56 Å². The highest BCUT2D eigenvalue weighted by molar-refractivity contribution is 5.32. The first-order valence-electron chi connectivity index (χ1n) is 6.83. The molecule has 104 valence electrons. The van der Waals surface area contributed by atoms with Crippen molar-refractivity contribution in [3.8, 4) is 6.07 Å². The molecule has 3 heteroatoms. The Morgan fingerprint density at radius 3 is 2.47 bits per heavy atom. The highest BCUT2D eigenvalue weighted by Crippen LogP contribution is 2.21. The molecule has 1 aromatic carbocycles. The third kappa shape index (κ3) is 5.42. The molecule has 0 aliphatic carbocycles. The number of nitrogens with zero attached hydrogens (tertiary/aromatic N) is 1. The maximum absolute atomic E-state index is 9.18. The first-order chi connectivity index (χ1) is 8.98. The van der Waals surface area contributed by atoms with Crippen molar-refractivity contribution in [2.75, 3.05) is 13.2 Å². The summed E-state index contributed by atoms with van der Waals surface area (Å²) in [4.78, 5) is 0. The number of rotatable bonds is 7. The molecule has 0 aromatic heterocycles. The molecule has 0 bridgehead atoms. The molecule has 0 amide bonds. The second kappa shape index (κ2) is 7.28. The van der Waals surface area contributed by atoms with E-state index in [9.17, 15) is 5.11 Å². The quantitative estimate of drug-likeness (QED) is 0.741. The van der Waals surface area contributed by atoms with E-state index in [-0.39, 0.29) is 18.1 Å². The van der Waals surface area contributed by atoms with Gasteiger partial charge in [0.1, 0.15) is 0 Å². The van der Waals surface area contributed by atoms with Crippen LogP contribution >= 0.6 is 0 Å². The average molecular weight is 260 g/mol. The molecule has 0 heterocycles. The van der Waals surface area contributed by atoms with Gasteiger partial charge in [0.15, 0.2) is 0 Å². The summed E-state index contributed by atoms with van der Waals surface area (Å²) in [5.41, 5.74) is 1.90. The Morgan fingerprint density at radius 1 is 1.32 bits per heavy atom. The molecule has 1 unspecified atom stereocenters. The second-order valence-electron chi connectivity index (χ2n) is 5.84. The summed E-state index contributed by atoms with van der Waals surface area (Å²) in [6, 6.07) is 10.1. The van der Waals surface area contributed by atoms with Crippen LogP contribution in [0.15, 0.2) is 24.3 Å². The van der Waals surface area contributed by atoms with E-state index in [4.69, 9.17) is 5.26 Å². The molecule has 0 aliphatic heterocycles. The van der Waals surface area contributed by atoms with E-state index in [1.54, 1.807) is 0 Å². The lowest BCUT2D eigenvalue weighted by atomic mass is 9.89. The highest BCUT2D eigenvalue weighted by Gasteiger charge is 2.15. The number of hydrogen-bond acceptors (Lipinski definition) is 3. The van der Waals surface area contributed by atoms with Gasteiger partial charge in [0.2, 0.25) is 0 Å². The van der Waals surface area contributed by atoms with Crippen LogP contribution in [0.2, 0.25) is 0 Å². The van der Waals surface area contributed by atoms with Crippen molar-refractivity contribution in [2.45, 2.75) is 39.7 Å². The summed E-state index contributed by atoms with van der Waals surface area (Å²) in [7, 11) is 0. The molecule has 1 aromatic rings. The van der Waals surface area contributed by atoms with Gasteiger partial charge >= 0.3 is 0 Å². The van der Waals surface area contributed by atoms with Crippen molar-refractivity contribution in [1.29, 1.82) is 5.26 Å². The third-order valence-electron chi connectivity index (χ3n) is 3.45. The Labute approximate surface area is 116 Å². The molecule has 0 saturated heterocycles. The van der Waals surface area contributed by atoms with Crippen LogP contribution in [0.3, 0.4) is 0 Å². The van der Waals surface area contributed by atoms with E-state index in [0.29, 0.717) is 5.56 Å². The Balaban J connectivity index is 2.35. The molecule has 0 aliphatic rings. The number of benzene rings is 1. The largest absolute Gasteiger partial charge is 0.396 e. The van der Waals surface area contributed by atoms with Crippen molar-refractivity contribution < 1.29 is 5.11 Å². The summed E-state index contributed by atoms with van der Waals surface area (Å²) in [5, 5.41) is 21.4. The monoisotopic (exact) mass is 260 g/mol. The highest BCUT2D eigenvalue weighted by atomic mass is 16.3. The van der Waals surface area contributed by atoms with E-state index in [2.05, 4.69) is 32.2 Å². The zero-order chi connectivity index (χ0) is 14.3. The molecule has 0 radical (unpaired) electrons. The number of aliphatic hydroxyl groups excluding tert-OH is 1. The molecule has 1 rings (SSSR count). The molecule has 3 nitrogen and oxygen atoms in total. The first kappa shape index (κ1) is 15.7. The molecule has 2 N–H and O–H groups in total. The van der Waals surface area contributed by atoms with E-state index >= 15 is 0 Å². The minimum Gasteiger partial charge on any atom is -0.396 e. The number of hydrogen-bond donors (Lipinski definition) is 2. The lowest BCUT2D eigenvalue weighted by Crippen LogP contribution is -2.23. The van der Waals surface area contributed by atoms with Crippen LogP contribution in [0.5, 0.6) is 0 Å². The summed E-state index contributed by atoms with van der Waals surface area (Å²) in [6.07, 6.45) is 2.06. The van der Waals surface area contributed by atoms with Gasteiger partial charge in [-0.1, -0.05) is 26.0 Å². The van der Waals surface area contributed by atoms with Gasteiger partial charge in [-0.25, -0.2) is 0 Å². The van der Waals surface area contributed by atoms with Gasteiger partial charge < -0.3 is 10.4 Å². The normalized spacial score (nSPS) is 13.0. The number of aliphatic hydroxyl groups is 1. The van der Waals surface area contributed by atoms with Crippen LogP contribution in [0.4, 0.5) is 0 Å². The van der Waals surface area contributed by atoms with Crippen LogP contribution in [-0.2, 0) is 0 Å². The van der Waals surface area contributed by atoms with Crippen LogP contribution < -0.4 is 5.32 Å². The number of nitrogens with one attached hydrogen (secondary N) is 1. The van der Waals surface area contributed by atoms with Gasteiger partial charge in [-0.3, -0.25) is 0 Å². The fraction of sp³-hybridized carbons (Fsp3) is 0.562. The minimum absolute atomic E-state index is 0.0133. The minimum atomic E-state index is 0.0133. The Hall–Kier alpha value is -1.37. The van der Waals surface area contributed by atoms with Crippen molar-refractivity contribution in [3.63, 3.8) is 0 Å². The van der Waals surface area contributed by atoms with Gasteiger partial charge in [-0.15, -0.1) is 0 Å². The zero-order valence-corrected chi connectivity index (χ0v) is 12.1. The predicted molar refractivity (Wildman–Crippen MR) is 77.7 cm³/mol. The molecular formula is C16H24N2O. The Bertz CT molecular complexity index is 417. The van der Waals surface area contributed by atoms with Crippen molar-refractivity contribution in [1.82, 2.24) is 5.32 Å². The van der Waals surface area contributed by atoms with Crippen LogP contribution in [-0.4, -0.2) is 18.3 Å². The summed E-state index contributed by atoms with van der Waals surface area (Å²) >= 11 is 0. The lowest BCUT2D eigenvalue weighted by Gasteiger charge is -2.22. The standard InChI is InChI=1S/C16H24N2O/c1-13(15-7-5-14(11-17)6-8-15)18-10-4-9-16(2,3)12-19/h5-8,13,18-19H,4,9-10,12H2,1-3H3. The molecule has 0 saturated carbocycles. The zero-order valence-electron chi connectivity index (χ0n) is 12.1. The smallest absolute Gasteiger partial charge is 0.0991 e. The van der Waals surface area contributed by atoms with Crippen molar-refractivity contribution in [3.05, 3.63) is 35.4 Å². The summed E-state index contributed by atoms with van der Waals surface area (Å²) < 4.78 is 0. The number of nitriles is 1. The van der Waals surface area contributed by atoms with Gasteiger partial charge in [0.25, 0.3) is 0 Å². The molecular weight excluding hydrogens is 236 g/mol. The lowest BCUT2D eigenvalue weighted by molar-refractivity contribution is 0.147. The Kier molecular flexibility index (Phi) is 6.01. The summed E-state index contributed by atoms with van der Waals surface area (Å²) in [6.45, 7) is 7.45. The third-order valence-corrected chi connectivity index (χ3v) is 3.45. The SMILES string of the molecule is CC(NCCCC(C)(C)CO)c1ccc(C#N)cc1. The molecule has 19 heavy (non-hydrogen) atoms. The van der Waals surface area contributed by atoms with E-state index in [1.807, 2.05) is 24.3 Å². The van der Waals surface area contributed by atoms with Crippen LogP contribution in [0, 0.1) is 16.7 Å². The van der Waals surface area contributed by atoms with Gasteiger partial charge in [-0.05, 0) is 49.4 Å².